The Morgan fingerprint density at radius 3 is 2.80 bits per heavy atom. The molecule has 0 aliphatic heterocycles. The van der Waals surface area contributed by atoms with Gasteiger partial charge >= 0.3 is 0 Å². The molecule has 0 aromatic rings. The van der Waals surface area contributed by atoms with Crippen LogP contribution in [0.4, 0.5) is 0 Å². The molecule has 0 fully saturated rings. The van der Waals surface area contributed by atoms with Gasteiger partial charge in [-0.05, 0) is 13.0 Å². The summed E-state index contributed by atoms with van der Waals surface area (Å²) in [6.07, 6.45) is 4.40. The van der Waals surface area contributed by atoms with Crippen molar-refractivity contribution in [2.45, 2.75) is 26.7 Å². The minimum atomic E-state index is 0.917. The molecule has 0 aliphatic rings. The van der Waals surface area contributed by atoms with E-state index in [-0.39, 0.29) is 0 Å². The summed E-state index contributed by atoms with van der Waals surface area (Å²) in [5, 5.41) is 3.18. The van der Waals surface area contributed by atoms with Gasteiger partial charge in [0.05, 0.1) is 0 Å². The summed E-state index contributed by atoms with van der Waals surface area (Å²) < 4.78 is 0. The maximum absolute atomic E-state index is 4.21. The van der Waals surface area contributed by atoms with E-state index >= 15 is 0 Å². The Bertz CT molecular complexity index is 69.3. The molecule has 0 atom stereocenters. The Hall–Kier alpha value is -0.370. The molecule has 0 spiro atoms. The molecule has 2 nitrogen and oxygen atoms in total. The third-order valence-corrected chi connectivity index (χ3v) is 1.26. The van der Waals surface area contributed by atoms with Gasteiger partial charge in [0.15, 0.2) is 0 Å². The van der Waals surface area contributed by atoms with Gasteiger partial charge in [0.25, 0.3) is 0 Å². The predicted molar refractivity (Wildman–Crippen MR) is 46.8 cm³/mol. The first kappa shape index (κ1) is 9.63. The fourth-order valence-electron chi connectivity index (χ4n) is 0.614. The molecule has 60 valence electrons. The van der Waals surface area contributed by atoms with E-state index in [0.717, 1.165) is 19.6 Å². The number of hydrogen-bond donors (Lipinski definition) is 1. The number of hydrogen-bond acceptors (Lipinski definition) is 2. The molecule has 0 aliphatic carbocycles. The van der Waals surface area contributed by atoms with Crippen LogP contribution in [0.1, 0.15) is 26.7 Å². The van der Waals surface area contributed by atoms with Gasteiger partial charge in [0.1, 0.15) is 0 Å². The Morgan fingerprint density at radius 2 is 2.20 bits per heavy atom. The minimum Gasteiger partial charge on any atom is -0.312 e. The van der Waals surface area contributed by atoms with Crippen molar-refractivity contribution < 1.29 is 0 Å². The summed E-state index contributed by atoms with van der Waals surface area (Å²) in [4.78, 5) is 4.21. The zero-order chi connectivity index (χ0) is 7.66. The lowest BCUT2D eigenvalue weighted by Gasteiger charge is -1.92. The number of unbranched alkanes of at least 4 members (excludes halogenated alkanes) is 1. The molecule has 0 bridgehead atoms. The highest BCUT2D eigenvalue weighted by Gasteiger charge is 1.77. The lowest BCUT2D eigenvalue weighted by molar-refractivity contribution is 0.795. The fraction of sp³-hybridized carbons (Fsp3) is 0.875. The Balaban J connectivity index is 2.89. The van der Waals surface area contributed by atoms with Gasteiger partial charge in [-0.1, -0.05) is 20.3 Å². The van der Waals surface area contributed by atoms with E-state index in [0.29, 0.717) is 0 Å². The highest BCUT2D eigenvalue weighted by molar-refractivity contribution is 5.59. The second-order valence-electron chi connectivity index (χ2n) is 2.25. The van der Waals surface area contributed by atoms with Crippen LogP contribution >= 0.6 is 0 Å². The van der Waals surface area contributed by atoms with E-state index in [2.05, 4.69) is 24.2 Å². The van der Waals surface area contributed by atoms with Crippen LogP contribution in [-0.4, -0.2) is 25.8 Å². The molecule has 1 N–H and O–H groups in total. The number of nitrogens with zero attached hydrogens (tertiary/aromatic N) is 1. The first-order valence-corrected chi connectivity index (χ1v) is 4.10. The van der Waals surface area contributed by atoms with E-state index in [1.54, 1.807) is 0 Å². The zero-order valence-electron chi connectivity index (χ0n) is 7.06. The largest absolute Gasteiger partial charge is 0.312 e. The summed E-state index contributed by atoms with van der Waals surface area (Å²) in [5.41, 5.74) is 0. The topological polar surface area (TPSA) is 24.4 Å². The average molecular weight is 142 g/mol. The van der Waals surface area contributed by atoms with E-state index in [4.69, 9.17) is 0 Å². The molecular formula is C8H18N2. The number of aliphatic imine (C=N–C) groups is 1. The lowest BCUT2D eigenvalue weighted by Crippen LogP contribution is -2.14. The smallest absolute Gasteiger partial charge is 0.0385 e. The van der Waals surface area contributed by atoms with Gasteiger partial charge < -0.3 is 5.32 Å². The van der Waals surface area contributed by atoms with E-state index in [1.807, 2.05) is 6.21 Å². The van der Waals surface area contributed by atoms with Crippen LogP contribution in [0.15, 0.2) is 4.99 Å². The Labute approximate surface area is 63.7 Å². The highest BCUT2D eigenvalue weighted by Crippen LogP contribution is 1.84. The van der Waals surface area contributed by atoms with Gasteiger partial charge in [-0.25, -0.2) is 0 Å². The molecule has 0 rings (SSSR count). The van der Waals surface area contributed by atoms with Gasteiger partial charge in [-0.2, -0.15) is 0 Å². The van der Waals surface area contributed by atoms with Gasteiger partial charge in [0, 0.05) is 19.3 Å². The van der Waals surface area contributed by atoms with Gasteiger partial charge in [-0.15, -0.1) is 0 Å². The fourth-order valence-corrected chi connectivity index (χ4v) is 0.614. The first-order chi connectivity index (χ1) is 4.91. The lowest BCUT2D eigenvalue weighted by atomic mass is 10.3. The second-order valence-corrected chi connectivity index (χ2v) is 2.25. The summed E-state index contributed by atoms with van der Waals surface area (Å²) in [6.45, 7) is 7.21. The van der Waals surface area contributed by atoms with Crippen LogP contribution in [0.2, 0.25) is 0 Å². The molecule has 0 saturated carbocycles. The summed E-state index contributed by atoms with van der Waals surface area (Å²) in [7, 11) is 0. The van der Waals surface area contributed by atoms with Crippen LogP contribution in [0.25, 0.3) is 0 Å². The molecule has 0 aromatic heterocycles. The predicted octanol–water partition coefficient (Wildman–Crippen LogP) is 1.47. The van der Waals surface area contributed by atoms with Crippen molar-refractivity contribution in [3.8, 4) is 0 Å². The Morgan fingerprint density at radius 1 is 1.40 bits per heavy atom. The molecule has 0 radical (unpaired) electrons. The summed E-state index contributed by atoms with van der Waals surface area (Å²) in [5.74, 6) is 0. The summed E-state index contributed by atoms with van der Waals surface area (Å²) in [6, 6.07) is 0. The molecule has 0 unspecified atom stereocenters. The maximum Gasteiger partial charge on any atom is 0.0385 e. The average Bonchev–Trinajstić information content (AvgIpc) is 1.97. The highest BCUT2D eigenvalue weighted by atomic mass is 14.9. The molecule has 2 heteroatoms. The molecular weight excluding hydrogens is 124 g/mol. The normalized spacial score (nSPS) is 11.0. The SMILES string of the molecule is CCCCN=CCNCC. The standard InChI is InChI=1S/C8H18N2/c1-3-5-6-10-8-7-9-4-2/h8-9H,3-7H2,1-2H3. The van der Waals surface area contributed by atoms with Gasteiger partial charge in [0.2, 0.25) is 0 Å². The molecule has 0 aromatic carbocycles. The zero-order valence-corrected chi connectivity index (χ0v) is 7.06. The van der Waals surface area contributed by atoms with Crippen molar-refractivity contribution in [2.75, 3.05) is 19.6 Å². The van der Waals surface area contributed by atoms with Crippen LogP contribution in [-0.2, 0) is 0 Å². The van der Waals surface area contributed by atoms with E-state index in [1.165, 1.54) is 12.8 Å². The van der Waals surface area contributed by atoms with Crippen LogP contribution in [0.3, 0.4) is 0 Å². The van der Waals surface area contributed by atoms with E-state index < -0.39 is 0 Å². The van der Waals surface area contributed by atoms with E-state index in [9.17, 15) is 0 Å². The van der Waals surface area contributed by atoms with Crippen LogP contribution < -0.4 is 5.32 Å². The summed E-state index contributed by atoms with van der Waals surface area (Å²) >= 11 is 0. The Kier molecular flexibility index (Phi) is 8.31. The van der Waals surface area contributed by atoms with Crippen molar-refractivity contribution in [3.63, 3.8) is 0 Å². The van der Waals surface area contributed by atoms with Crippen LogP contribution in [0, 0.1) is 0 Å². The van der Waals surface area contributed by atoms with Crippen molar-refractivity contribution >= 4 is 6.21 Å². The quantitative estimate of drug-likeness (QED) is 0.441. The monoisotopic (exact) mass is 142 g/mol. The molecule has 0 saturated heterocycles. The first-order valence-electron chi connectivity index (χ1n) is 4.10. The maximum atomic E-state index is 4.21. The molecule has 0 amide bonds. The van der Waals surface area contributed by atoms with Crippen molar-refractivity contribution in [3.05, 3.63) is 0 Å². The third kappa shape index (κ3) is 7.63. The van der Waals surface area contributed by atoms with Crippen molar-refractivity contribution in [1.29, 1.82) is 0 Å². The molecule has 0 heterocycles. The second kappa shape index (κ2) is 8.63. The van der Waals surface area contributed by atoms with Gasteiger partial charge in [-0.3, -0.25) is 4.99 Å². The minimum absolute atomic E-state index is 0.917. The van der Waals surface area contributed by atoms with Crippen molar-refractivity contribution in [1.82, 2.24) is 5.32 Å². The third-order valence-electron chi connectivity index (χ3n) is 1.26. The van der Waals surface area contributed by atoms with Crippen LogP contribution in [0.5, 0.6) is 0 Å². The molecule has 10 heavy (non-hydrogen) atoms. The van der Waals surface area contributed by atoms with Crippen molar-refractivity contribution in [2.24, 2.45) is 4.99 Å². The number of rotatable bonds is 6. The number of nitrogens with one attached hydrogen (secondary N) is 1.